The number of hydrogen-bond donors (Lipinski definition) is 3. The van der Waals surface area contributed by atoms with Crippen LogP contribution in [0.1, 0.15) is 24.2 Å². The lowest BCUT2D eigenvalue weighted by Crippen LogP contribution is -2.36. The Morgan fingerprint density at radius 3 is 2.44 bits per heavy atom. The molecule has 1 aromatic rings. The van der Waals surface area contributed by atoms with Gasteiger partial charge in [0.15, 0.2) is 0 Å². The molecule has 1 heterocycles. The van der Waals surface area contributed by atoms with Crippen LogP contribution >= 0.6 is 11.3 Å². The summed E-state index contributed by atoms with van der Waals surface area (Å²) < 4.78 is 11.7. The Kier molecular flexibility index (Phi) is 4.25. The van der Waals surface area contributed by atoms with Crippen LogP contribution in [0.2, 0.25) is 0 Å². The molecule has 1 rings (SSSR count). The van der Waals surface area contributed by atoms with Gasteiger partial charge in [-0.15, -0.1) is 11.3 Å². The fourth-order valence-corrected chi connectivity index (χ4v) is 2.84. The first-order chi connectivity index (χ1) is 8.12. The SMILES string of the molecule is CS(=O)c1cc(C(N)=O)c(NC(=O)C(C)(C)O)s1. The number of primary amides is 1. The van der Waals surface area contributed by atoms with Crippen molar-refractivity contribution < 1.29 is 18.9 Å². The Morgan fingerprint density at radius 1 is 1.50 bits per heavy atom. The monoisotopic (exact) mass is 290 g/mol. The Hall–Kier alpha value is -1.25. The van der Waals surface area contributed by atoms with Crippen molar-refractivity contribution in [2.45, 2.75) is 23.7 Å². The second kappa shape index (κ2) is 5.17. The van der Waals surface area contributed by atoms with Crippen molar-refractivity contribution >= 4 is 39.0 Å². The highest BCUT2D eigenvalue weighted by atomic mass is 32.2. The van der Waals surface area contributed by atoms with Gasteiger partial charge in [0.05, 0.1) is 20.6 Å². The topological polar surface area (TPSA) is 109 Å². The molecular weight excluding hydrogens is 276 g/mol. The highest BCUT2D eigenvalue weighted by molar-refractivity contribution is 7.86. The average molecular weight is 290 g/mol. The zero-order chi connectivity index (χ0) is 14.1. The lowest BCUT2D eigenvalue weighted by Gasteiger charge is -2.16. The highest BCUT2D eigenvalue weighted by Crippen LogP contribution is 2.30. The Bertz CT molecular complexity index is 516. The molecule has 0 fully saturated rings. The summed E-state index contributed by atoms with van der Waals surface area (Å²) >= 11 is 0.996. The smallest absolute Gasteiger partial charge is 0.256 e. The van der Waals surface area contributed by atoms with E-state index in [2.05, 4.69) is 5.32 Å². The van der Waals surface area contributed by atoms with Crippen LogP contribution in [0.15, 0.2) is 10.3 Å². The van der Waals surface area contributed by atoms with Gasteiger partial charge in [-0.2, -0.15) is 0 Å². The quantitative estimate of drug-likeness (QED) is 0.740. The first-order valence-electron chi connectivity index (χ1n) is 4.94. The normalized spacial score (nSPS) is 13.1. The van der Waals surface area contributed by atoms with Crippen LogP contribution in [0.5, 0.6) is 0 Å². The molecule has 4 N–H and O–H groups in total. The van der Waals surface area contributed by atoms with Crippen molar-refractivity contribution in [1.82, 2.24) is 0 Å². The largest absolute Gasteiger partial charge is 0.381 e. The lowest BCUT2D eigenvalue weighted by atomic mass is 10.1. The van der Waals surface area contributed by atoms with Crippen LogP contribution < -0.4 is 11.1 Å². The van der Waals surface area contributed by atoms with Crippen molar-refractivity contribution in [3.8, 4) is 0 Å². The molecule has 0 aromatic carbocycles. The minimum absolute atomic E-state index is 0.0859. The molecular formula is C10H14N2O4S2. The fraction of sp³-hybridized carbons (Fsp3) is 0.400. The molecule has 0 saturated carbocycles. The van der Waals surface area contributed by atoms with Crippen molar-refractivity contribution in [1.29, 1.82) is 0 Å². The van der Waals surface area contributed by atoms with Crippen LogP contribution in [0, 0.1) is 0 Å². The van der Waals surface area contributed by atoms with E-state index in [1.54, 1.807) is 0 Å². The van der Waals surface area contributed by atoms with Gasteiger partial charge in [0, 0.05) is 6.26 Å². The molecule has 0 saturated heterocycles. The fourth-order valence-electron chi connectivity index (χ4n) is 1.04. The third-order valence-electron chi connectivity index (χ3n) is 2.04. The van der Waals surface area contributed by atoms with Gasteiger partial charge >= 0.3 is 0 Å². The number of amides is 2. The molecule has 18 heavy (non-hydrogen) atoms. The summed E-state index contributed by atoms with van der Waals surface area (Å²) in [6.45, 7) is 2.64. The zero-order valence-electron chi connectivity index (χ0n) is 10.1. The number of carbonyl (C=O) groups is 2. The zero-order valence-corrected chi connectivity index (χ0v) is 11.8. The Morgan fingerprint density at radius 2 is 2.06 bits per heavy atom. The van der Waals surface area contributed by atoms with E-state index in [0.29, 0.717) is 4.21 Å². The van der Waals surface area contributed by atoms with E-state index in [-0.39, 0.29) is 10.6 Å². The number of hydrogen-bond acceptors (Lipinski definition) is 5. The first-order valence-corrected chi connectivity index (χ1v) is 7.31. The van der Waals surface area contributed by atoms with Crippen LogP contribution in [0.3, 0.4) is 0 Å². The van der Waals surface area contributed by atoms with Crippen molar-refractivity contribution in [3.63, 3.8) is 0 Å². The van der Waals surface area contributed by atoms with Crippen molar-refractivity contribution in [2.75, 3.05) is 11.6 Å². The average Bonchev–Trinajstić information content (AvgIpc) is 2.60. The highest BCUT2D eigenvalue weighted by Gasteiger charge is 2.26. The van der Waals surface area contributed by atoms with Gasteiger partial charge in [-0.3, -0.25) is 13.8 Å². The van der Waals surface area contributed by atoms with Gasteiger partial charge in [0.1, 0.15) is 10.6 Å². The second-order valence-corrected chi connectivity index (χ2v) is 6.80. The van der Waals surface area contributed by atoms with Gasteiger partial charge in [0.25, 0.3) is 11.8 Å². The molecule has 8 heteroatoms. The molecule has 2 amide bonds. The van der Waals surface area contributed by atoms with E-state index in [1.807, 2.05) is 0 Å². The molecule has 0 aliphatic heterocycles. The Labute approximate surface area is 111 Å². The summed E-state index contributed by atoms with van der Waals surface area (Å²) in [6, 6.07) is 1.38. The summed E-state index contributed by atoms with van der Waals surface area (Å²) in [6.07, 6.45) is 1.46. The summed E-state index contributed by atoms with van der Waals surface area (Å²) in [7, 11) is -1.27. The minimum Gasteiger partial charge on any atom is -0.381 e. The van der Waals surface area contributed by atoms with E-state index in [1.165, 1.54) is 26.2 Å². The van der Waals surface area contributed by atoms with Gasteiger partial charge < -0.3 is 16.2 Å². The molecule has 0 radical (unpaired) electrons. The van der Waals surface area contributed by atoms with Crippen molar-refractivity contribution in [2.24, 2.45) is 5.73 Å². The molecule has 0 spiro atoms. The summed E-state index contributed by atoms with van der Waals surface area (Å²) in [4.78, 5) is 22.8. The number of nitrogens with one attached hydrogen (secondary N) is 1. The number of rotatable bonds is 4. The molecule has 0 aliphatic carbocycles. The van der Waals surface area contributed by atoms with Crippen molar-refractivity contribution in [3.05, 3.63) is 11.6 Å². The standard InChI is InChI=1S/C10H14N2O4S2/c1-10(2,15)9(14)12-8-5(7(11)13)4-6(17-8)18(3)16/h4,15H,1-3H3,(H2,11,13)(H,12,14). The predicted octanol–water partition coefficient (Wildman–Crippen LogP) is 0.294. The second-order valence-electron chi connectivity index (χ2n) is 4.14. The van der Waals surface area contributed by atoms with E-state index in [0.717, 1.165) is 11.3 Å². The lowest BCUT2D eigenvalue weighted by molar-refractivity contribution is -0.130. The number of anilines is 1. The van der Waals surface area contributed by atoms with E-state index >= 15 is 0 Å². The molecule has 0 bridgehead atoms. The molecule has 100 valence electrons. The first kappa shape index (κ1) is 14.8. The number of thiophene rings is 1. The summed E-state index contributed by atoms with van der Waals surface area (Å²) in [5.41, 5.74) is 3.67. The number of nitrogens with two attached hydrogens (primary N) is 1. The third-order valence-corrected chi connectivity index (χ3v) is 4.52. The van der Waals surface area contributed by atoms with Gasteiger partial charge in [-0.05, 0) is 19.9 Å². The van der Waals surface area contributed by atoms with Crippen LogP contribution in [0.4, 0.5) is 5.00 Å². The maximum atomic E-state index is 11.6. The Balaban J connectivity index is 3.12. The van der Waals surface area contributed by atoms with Gasteiger partial charge in [-0.25, -0.2) is 0 Å². The van der Waals surface area contributed by atoms with Gasteiger partial charge in [0.2, 0.25) is 0 Å². The van der Waals surface area contributed by atoms with Gasteiger partial charge in [-0.1, -0.05) is 0 Å². The third kappa shape index (κ3) is 3.37. The molecule has 1 atom stereocenters. The molecule has 1 aromatic heterocycles. The predicted molar refractivity (Wildman–Crippen MR) is 70.1 cm³/mol. The number of carbonyl (C=O) groups excluding carboxylic acids is 2. The molecule has 1 unspecified atom stereocenters. The van der Waals surface area contributed by atoms with Crippen LogP contribution in [-0.4, -0.2) is 33.0 Å². The number of aliphatic hydroxyl groups is 1. The molecule has 0 aliphatic rings. The molecule has 6 nitrogen and oxygen atoms in total. The maximum Gasteiger partial charge on any atom is 0.256 e. The van der Waals surface area contributed by atoms with Crippen LogP contribution in [0.25, 0.3) is 0 Å². The van der Waals surface area contributed by atoms with E-state index < -0.39 is 28.2 Å². The van der Waals surface area contributed by atoms with E-state index in [4.69, 9.17) is 5.73 Å². The summed E-state index contributed by atoms with van der Waals surface area (Å²) in [5, 5.41) is 12.1. The summed E-state index contributed by atoms with van der Waals surface area (Å²) in [5.74, 6) is -1.39. The van der Waals surface area contributed by atoms with E-state index in [9.17, 15) is 18.9 Å². The minimum atomic E-state index is -1.58. The maximum absolute atomic E-state index is 11.6. The van der Waals surface area contributed by atoms with Crippen LogP contribution in [-0.2, 0) is 15.6 Å².